The van der Waals surface area contributed by atoms with Crippen molar-refractivity contribution in [1.29, 1.82) is 0 Å². The molecule has 0 amide bonds. The number of benzene rings is 2. The van der Waals surface area contributed by atoms with E-state index in [-0.39, 0.29) is 5.56 Å². The molecule has 166 valence electrons. The van der Waals surface area contributed by atoms with Gasteiger partial charge in [-0.15, -0.1) is 5.10 Å². The minimum absolute atomic E-state index is 0.254. The van der Waals surface area contributed by atoms with Gasteiger partial charge in [-0.2, -0.15) is 9.50 Å². The van der Waals surface area contributed by atoms with Crippen molar-refractivity contribution in [3.63, 3.8) is 0 Å². The summed E-state index contributed by atoms with van der Waals surface area (Å²) in [6.07, 6.45) is 2.62. The number of nitrogens with zero attached hydrogens (tertiary/aromatic N) is 3. The van der Waals surface area contributed by atoms with Gasteiger partial charge in [-0.1, -0.05) is 41.5 Å². The van der Waals surface area contributed by atoms with E-state index in [9.17, 15) is 4.79 Å². The number of thiazole rings is 1. The highest BCUT2D eigenvalue weighted by atomic mass is 35.5. The van der Waals surface area contributed by atoms with Crippen molar-refractivity contribution in [1.82, 2.24) is 14.6 Å². The molecule has 0 bridgehead atoms. The Morgan fingerprint density at radius 2 is 1.94 bits per heavy atom. The molecule has 0 N–H and O–H groups in total. The van der Waals surface area contributed by atoms with E-state index in [4.69, 9.17) is 32.4 Å². The summed E-state index contributed by atoms with van der Waals surface area (Å²) in [7, 11) is 0. The second-order valence-corrected chi connectivity index (χ2v) is 9.10. The lowest BCUT2D eigenvalue weighted by molar-refractivity contribution is 0.317. The third kappa shape index (κ3) is 4.39. The number of ether oxygens (including phenoxy) is 1. The van der Waals surface area contributed by atoms with Gasteiger partial charge in [-0.3, -0.25) is 4.79 Å². The summed E-state index contributed by atoms with van der Waals surface area (Å²) < 4.78 is 13.3. The maximum Gasteiger partial charge on any atom is 0.291 e. The Kier molecular flexibility index (Phi) is 5.93. The van der Waals surface area contributed by atoms with Gasteiger partial charge in [0, 0.05) is 22.2 Å². The molecule has 0 aliphatic rings. The summed E-state index contributed by atoms with van der Waals surface area (Å²) in [4.78, 5) is 17.9. The monoisotopic (exact) mass is 497 g/mol. The fourth-order valence-corrected chi connectivity index (χ4v) is 4.54. The van der Waals surface area contributed by atoms with Gasteiger partial charge in [0.25, 0.3) is 5.56 Å². The van der Waals surface area contributed by atoms with E-state index in [2.05, 4.69) is 17.0 Å². The van der Waals surface area contributed by atoms with Crippen LogP contribution in [0.3, 0.4) is 0 Å². The molecule has 0 unspecified atom stereocenters. The molecule has 5 rings (SSSR count). The fourth-order valence-electron chi connectivity index (χ4n) is 3.27. The molecule has 0 spiro atoms. The van der Waals surface area contributed by atoms with Gasteiger partial charge >= 0.3 is 0 Å². The quantitative estimate of drug-likeness (QED) is 0.300. The Hall–Kier alpha value is -3.13. The fraction of sp³-hybridized carbons (Fsp3) is 0.125. The van der Waals surface area contributed by atoms with Crippen LogP contribution in [0, 0.1) is 0 Å². The van der Waals surface area contributed by atoms with Crippen LogP contribution in [0.5, 0.6) is 5.75 Å². The minimum atomic E-state index is -0.254. The minimum Gasteiger partial charge on any atom is -0.494 e. The molecule has 0 atom stereocenters. The molecular weight excluding hydrogens is 481 g/mol. The first kappa shape index (κ1) is 21.7. The summed E-state index contributed by atoms with van der Waals surface area (Å²) >= 11 is 13.6. The molecule has 0 saturated carbocycles. The number of aromatic nitrogens is 3. The van der Waals surface area contributed by atoms with Crippen molar-refractivity contribution in [3.8, 4) is 28.5 Å². The molecule has 0 aliphatic heterocycles. The van der Waals surface area contributed by atoms with Crippen molar-refractivity contribution >= 4 is 45.6 Å². The largest absolute Gasteiger partial charge is 0.494 e. The van der Waals surface area contributed by atoms with E-state index < -0.39 is 0 Å². The molecule has 3 aromatic heterocycles. The number of hydrogen-bond donors (Lipinski definition) is 0. The van der Waals surface area contributed by atoms with E-state index in [0.717, 1.165) is 17.7 Å². The van der Waals surface area contributed by atoms with Gasteiger partial charge in [0.15, 0.2) is 5.82 Å². The Morgan fingerprint density at radius 1 is 1.12 bits per heavy atom. The van der Waals surface area contributed by atoms with Crippen molar-refractivity contribution in [3.05, 3.63) is 85.3 Å². The van der Waals surface area contributed by atoms with Crippen LogP contribution in [0.4, 0.5) is 0 Å². The third-order valence-corrected chi connectivity index (χ3v) is 6.39. The van der Waals surface area contributed by atoms with Gasteiger partial charge in [-0.25, -0.2) is 0 Å². The van der Waals surface area contributed by atoms with E-state index in [0.29, 0.717) is 49.1 Å². The van der Waals surface area contributed by atoms with Gasteiger partial charge in [0.05, 0.1) is 11.6 Å². The number of fused-ring (bicyclic) bond motifs is 1. The summed E-state index contributed by atoms with van der Waals surface area (Å²) in [5.41, 5.74) is 1.24. The first-order valence-electron chi connectivity index (χ1n) is 10.2. The Morgan fingerprint density at radius 3 is 2.70 bits per heavy atom. The van der Waals surface area contributed by atoms with Crippen LogP contribution in [0.15, 0.2) is 63.8 Å². The molecule has 0 fully saturated rings. The van der Waals surface area contributed by atoms with Crippen LogP contribution in [0.1, 0.15) is 19.1 Å². The zero-order chi connectivity index (χ0) is 22.9. The summed E-state index contributed by atoms with van der Waals surface area (Å²) in [5.74, 6) is 2.36. The maximum absolute atomic E-state index is 12.9. The molecule has 2 aromatic carbocycles. The number of furan rings is 1. The van der Waals surface area contributed by atoms with E-state index >= 15 is 0 Å². The highest BCUT2D eigenvalue weighted by Gasteiger charge is 2.13. The van der Waals surface area contributed by atoms with Crippen molar-refractivity contribution in [2.45, 2.75) is 13.3 Å². The van der Waals surface area contributed by atoms with E-state index in [1.807, 2.05) is 24.3 Å². The van der Waals surface area contributed by atoms with Gasteiger partial charge in [0.1, 0.15) is 21.8 Å². The molecule has 5 aromatic rings. The van der Waals surface area contributed by atoms with Crippen molar-refractivity contribution in [2.75, 3.05) is 6.61 Å². The molecule has 33 heavy (non-hydrogen) atoms. The molecule has 0 saturated heterocycles. The average Bonchev–Trinajstić information content (AvgIpc) is 3.52. The SMILES string of the molecule is CCCOc1ccc(-c2nc3s/c(=C/c4ccc(-c5cc(Cl)ccc5Cl)o4)c(=O)n3n2)cc1. The highest BCUT2D eigenvalue weighted by molar-refractivity contribution is 7.15. The van der Waals surface area contributed by atoms with E-state index in [1.54, 1.807) is 36.4 Å². The normalized spacial score (nSPS) is 12.0. The Balaban J connectivity index is 1.44. The van der Waals surface area contributed by atoms with Gasteiger partial charge < -0.3 is 9.15 Å². The molecule has 3 heterocycles. The number of hydrogen-bond acceptors (Lipinski definition) is 6. The molecule has 9 heteroatoms. The third-order valence-electron chi connectivity index (χ3n) is 4.86. The lowest BCUT2D eigenvalue weighted by atomic mass is 10.2. The van der Waals surface area contributed by atoms with Crippen LogP contribution in [0.25, 0.3) is 33.7 Å². The smallest absolute Gasteiger partial charge is 0.291 e. The zero-order valence-corrected chi connectivity index (χ0v) is 19.7. The predicted molar refractivity (Wildman–Crippen MR) is 131 cm³/mol. The summed E-state index contributed by atoms with van der Waals surface area (Å²) in [6.45, 7) is 2.72. The van der Waals surface area contributed by atoms with Gasteiger partial charge in [0.2, 0.25) is 4.96 Å². The standard InChI is InChI=1S/C24H17Cl2N3O3S/c1-2-11-31-16-6-3-14(4-7-16)22-27-24-29(28-22)23(30)21(33-24)13-17-8-10-20(32-17)18-12-15(25)5-9-19(18)26/h3-10,12-13H,2,11H2,1H3/b21-13+. The van der Waals surface area contributed by atoms with Crippen LogP contribution in [-0.2, 0) is 0 Å². The predicted octanol–water partition coefficient (Wildman–Crippen LogP) is 5.72. The van der Waals surface area contributed by atoms with Crippen LogP contribution in [0.2, 0.25) is 10.0 Å². The molecule has 0 radical (unpaired) electrons. The summed E-state index contributed by atoms with van der Waals surface area (Å²) in [5, 5.41) is 5.48. The summed E-state index contributed by atoms with van der Waals surface area (Å²) in [6, 6.07) is 16.2. The number of halogens is 2. The molecule has 0 aliphatic carbocycles. The second kappa shape index (κ2) is 9.02. The zero-order valence-electron chi connectivity index (χ0n) is 17.4. The van der Waals surface area contributed by atoms with Gasteiger partial charge in [-0.05, 0) is 61.0 Å². The van der Waals surface area contributed by atoms with Crippen LogP contribution in [-0.4, -0.2) is 21.2 Å². The maximum atomic E-state index is 12.9. The highest BCUT2D eigenvalue weighted by Crippen LogP contribution is 2.32. The number of rotatable bonds is 6. The van der Waals surface area contributed by atoms with Crippen molar-refractivity contribution in [2.24, 2.45) is 0 Å². The van der Waals surface area contributed by atoms with Crippen LogP contribution < -0.4 is 14.8 Å². The average molecular weight is 498 g/mol. The second-order valence-electron chi connectivity index (χ2n) is 7.24. The van der Waals surface area contributed by atoms with Crippen molar-refractivity contribution < 1.29 is 9.15 Å². The first-order chi connectivity index (χ1) is 16.0. The Labute approximate surface area is 202 Å². The molecular formula is C24H17Cl2N3O3S. The first-order valence-corrected chi connectivity index (χ1v) is 11.8. The lowest BCUT2D eigenvalue weighted by Gasteiger charge is -2.04. The molecule has 6 nitrogen and oxygen atoms in total. The van der Waals surface area contributed by atoms with Crippen LogP contribution >= 0.6 is 34.5 Å². The Bertz CT molecular complexity index is 1550. The topological polar surface area (TPSA) is 69.6 Å². The lowest BCUT2D eigenvalue weighted by Crippen LogP contribution is -2.23. The van der Waals surface area contributed by atoms with E-state index in [1.165, 1.54) is 15.9 Å².